The van der Waals surface area contributed by atoms with E-state index in [9.17, 15) is 0 Å². The molecule has 3 N–H and O–H groups in total. The zero-order valence-electron chi connectivity index (χ0n) is 9.08. The molecule has 0 atom stereocenters. The van der Waals surface area contributed by atoms with Crippen molar-refractivity contribution in [1.82, 2.24) is 0 Å². The second kappa shape index (κ2) is 5.30. The van der Waals surface area contributed by atoms with Crippen molar-refractivity contribution in [3.05, 3.63) is 58.1 Å². The summed E-state index contributed by atoms with van der Waals surface area (Å²) in [5, 5.41) is 4.46. The Bertz CT molecular complexity index is 506. The van der Waals surface area contributed by atoms with Gasteiger partial charge in [-0.2, -0.15) is 0 Å². The lowest BCUT2D eigenvalue weighted by Crippen LogP contribution is -2.02. The Morgan fingerprint density at radius 2 is 1.65 bits per heavy atom. The van der Waals surface area contributed by atoms with Crippen LogP contribution < -0.4 is 11.1 Å². The maximum atomic E-state index is 5.91. The molecule has 2 aromatic rings. The monoisotopic (exact) mass is 266 g/mol. The van der Waals surface area contributed by atoms with Gasteiger partial charge in [-0.05, 0) is 29.8 Å². The van der Waals surface area contributed by atoms with Crippen LogP contribution in [0.5, 0.6) is 0 Å². The summed E-state index contributed by atoms with van der Waals surface area (Å²) >= 11 is 11.8. The van der Waals surface area contributed by atoms with E-state index in [1.807, 2.05) is 36.4 Å². The molecule has 0 aromatic heterocycles. The third kappa shape index (κ3) is 3.29. The number of nitrogen functional groups attached to an aromatic ring is 1. The number of halogens is 2. The molecule has 0 unspecified atom stereocenters. The van der Waals surface area contributed by atoms with E-state index in [0.29, 0.717) is 16.6 Å². The molecule has 0 radical (unpaired) electrons. The van der Waals surface area contributed by atoms with Crippen LogP contribution >= 0.6 is 23.2 Å². The molecule has 0 amide bonds. The van der Waals surface area contributed by atoms with Crippen molar-refractivity contribution in [1.29, 1.82) is 0 Å². The van der Waals surface area contributed by atoms with Crippen LogP contribution in [0, 0.1) is 0 Å². The summed E-state index contributed by atoms with van der Waals surface area (Å²) in [5.41, 5.74) is 8.55. The number of nitrogens with two attached hydrogens (primary N) is 1. The van der Waals surface area contributed by atoms with Crippen LogP contribution in [0.1, 0.15) is 5.56 Å². The van der Waals surface area contributed by atoms with E-state index in [1.54, 1.807) is 6.07 Å². The Kier molecular flexibility index (Phi) is 3.77. The quantitative estimate of drug-likeness (QED) is 0.818. The third-order valence-corrected chi connectivity index (χ3v) is 2.84. The number of rotatable bonds is 3. The molecule has 0 bridgehead atoms. The van der Waals surface area contributed by atoms with E-state index in [-0.39, 0.29) is 0 Å². The summed E-state index contributed by atoms with van der Waals surface area (Å²) < 4.78 is 0. The normalized spacial score (nSPS) is 10.2. The number of hydrogen-bond donors (Lipinski definition) is 2. The van der Waals surface area contributed by atoms with E-state index in [1.165, 1.54) is 0 Å². The predicted octanol–water partition coefficient (Wildman–Crippen LogP) is 4.19. The van der Waals surface area contributed by atoms with E-state index in [2.05, 4.69) is 5.32 Å². The maximum Gasteiger partial charge on any atom is 0.0441 e. The molecule has 2 rings (SSSR count). The van der Waals surface area contributed by atoms with Crippen molar-refractivity contribution in [2.24, 2.45) is 0 Å². The summed E-state index contributed by atoms with van der Waals surface area (Å²) in [6.45, 7) is 0.642. The lowest BCUT2D eigenvalue weighted by molar-refractivity contribution is 1.15. The molecule has 0 aliphatic rings. The maximum absolute atomic E-state index is 5.91. The van der Waals surface area contributed by atoms with Crippen molar-refractivity contribution in [3.8, 4) is 0 Å². The summed E-state index contributed by atoms with van der Waals surface area (Å²) in [6, 6.07) is 13.1. The molecule has 2 aromatic carbocycles. The predicted molar refractivity (Wildman–Crippen MR) is 74.6 cm³/mol. The molecule has 2 nitrogen and oxygen atoms in total. The Labute approximate surface area is 110 Å². The summed E-state index contributed by atoms with van der Waals surface area (Å²) in [6.07, 6.45) is 0. The van der Waals surface area contributed by atoms with Gasteiger partial charge in [0.15, 0.2) is 0 Å². The molecule has 0 saturated carbocycles. The molecule has 17 heavy (non-hydrogen) atoms. The molecule has 88 valence electrons. The first kappa shape index (κ1) is 12.1. The van der Waals surface area contributed by atoms with Gasteiger partial charge in [0.2, 0.25) is 0 Å². The molecule has 4 heteroatoms. The van der Waals surface area contributed by atoms with Gasteiger partial charge in [-0.25, -0.2) is 0 Å². The number of para-hydroxylation sites is 1. The lowest BCUT2D eigenvalue weighted by Gasteiger charge is -2.09. The smallest absolute Gasteiger partial charge is 0.0441 e. The van der Waals surface area contributed by atoms with Crippen LogP contribution in [0.3, 0.4) is 0 Å². The molecule has 0 fully saturated rings. The largest absolute Gasteiger partial charge is 0.398 e. The number of nitrogens with one attached hydrogen (secondary N) is 1. The topological polar surface area (TPSA) is 38.0 Å². The fraction of sp³-hybridized carbons (Fsp3) is 0.0769. The Balaban J connectivity index is 2.10. The highest BCUT2D eigenvalue weighted by molar-refractivity contribution is 6.35. The fourth-order valence-electron chi connectivity index (χ4n) is 1.55. The van der Waals surface area contributed by atoms with Gasteiger partial charge in [-0.3, -0.25) is 0 Å². The van der Waals surface area contributed by atoms with Crippen molar-refractivity contribution in [3.63, 3.8) is 0 Å². The molecular weight excluding hydrogens is 255 g/mol. The van der Waals surface area contributed by atoms with Gasteiger partial charge < -0.3 is 11.1 Å². The minimum atomic E-state index is 0.612. The number of benzene rings is 2. The van der Waals surface area contributed by atoms with Gasteiger partial charge in [0.25, 0.3) is 0 Å². The van der Waals surface area contributed by atoms with Crippen molar-refractivity contribution < 1.29 is 0 Å². The van der Waals surface area contributed by atoms with E-state index >= 15 is 0 Å². The lowest BCUT2D eigenvalue weighted by atomic mass is 10.2. The van der Waals surface area contributed by atoms with Crippen molar-refractivity contribution in [2.45, 2.75) is 6.54 Å². The van der Waals surface area contributed by atoms with Gasteiger partial charge in [0.1, 0.15) is 0 Å². The zero-order valence-corrected chi connectivity index (χ0v) is 10.6. The third-order valence-electron chi connectivity index (χ3n) is 2.40. The summed E-state index contributed by atoms with van der Waals surface area (Å²) in [4.78, 5) is 0. The highest BCUT2D eigenvalue weighted by atomic mass is 35.5. The highest BCUT2D eigenvalue weighted by Gasteiger charge is 2.00. The highest BCUT2D eigenvalue weighted by Crippen LogP contribution is 2.23. The van der Waals surface area contributed by atoms with Crippen LogP contribution in [0.25, 0.3) is 0 Å². The van der Waals surface area contributed by atoms with E-state index in [4.69, 9.17) is 28.9 Å². The van der Waals surface area contributed by atoms with Crippen LogP contribution in [0.2, 0.25) is 10.0 Å². The van der Waals surface area contributed by atoms with Crippen LogP contribution in [0.4, 0.5) is 11.4 Å². The molecule has 0 spiro atoms. The fourth-order valence-corrected chi connectivity index (χ4v) is 2.07. The Hall–Kier alpha value is -1.38. The SMILES string of the molecule is Nc1ccccc1CNc1cc(Cl)cc(Cl)c1. The average molecular weight is 267 g/mol. The van der Waals surface area contributed by atoms with Gasteiger partial charge in [0.05, 0.1) is 0 Å². The second-order valence-corrected chi connectivity index (χ2v) is 4.58. The first-order chi connectivity index (χ1) is 8.15. The number of hydrogen-bond acceptors (Lipinski definition) is 2. The standard InChI is InChI=1S/C13H12Cl2N2/c14-10-5-11(15)7-12(6-10)17-8-9-3-1-2-4-13(9)16/h1-7,17H,8,16H2. The van der Waals surface area contributed by atoms with Crippen molar-refractivity contribution in [2.75, 3.05) is 11.1 Å². The zero-order chi connectivity index (χ0) is 12.3. The van der Waals surface area contributed by atoms with Gasteiger partial charge in [-0.15, -0.1) is 0 Å². The summed E-state index contributed by atoms with van der Waals surface area (Å²) in [7, 11) is 0. The summed E-state index contributed by atoms with van der Waals surface area (Å²) in [5.74, 6) is 0. The minimum Gasteiger partial charge on any atom is -0.398 e. The van der Waals surface area contributed by atoms with Gasteiger partial charge in [0, 0.05) is 28.0 Å². The Morgan fingerprint density at radius 1 is 1.00 bits per heavy atom. The second-order valence-electron chi connectivity index (χ2n) is 3.71. The Morgan fingerprint density at radius 3 is 2.29 bits per heavy atom. The molecule has 0 saturated heterocycles. The van der Waals surface area contributed by atoms with Crippen molar-refractivity contribution >= 4 is 34.6 Å². The van der Waals surface area contributed by atoms with Gasteiger partial charge in [-0.1, -0.05) is 41.4 Å². The van der Waals surface area contributed by atoms with E-state index < -0.39 is 0 Å². The first-order valence-corrected chi connectivity index (χ1v) is 5.94. The average Bonchev–Trinajstić information content (AvgIpc) is 2.27. The molecular formula is C13H12Cl2N2. The number of anilines is 2. The van der Waals surface area contributed by atoms with Crippen LogP contribution in [0.15, 0.2) is 42.5 Å². The van der Waals surface area contributed by atoms with E-state index in [0.717, 1.165) is 16.9 Å². The van der Waals surface area contributed by atoms with Crippen LogP contribution in [-0.4, -0.2) is 0 Å². The van der Waals surface area contributed by atoms with Gasteiger partial charge >= 0.3 is 0 Å². The molecule has 0 aliphatic carbocycles. The van der Waals surface area contributed by atoms with Crippen LogP contribution in [-0.2, 0) is 6.54 Å². The molecule has 0 heterocycles. The minimum absolute atomic E-state index is 0.612. The molecule has 0 aliphatic heterocycles. The first-order valence-electron chi connectivity index (χ1n) is 5.18.